The molecule has 0 radical (unpaired) electrons. The summed E-state index contributed by atoms with van der Waals surface area (Å²) in [5.74, 6) is -0.356. The first-order valence-corrected chi connectivity index (χ1v) is 8.97. The molecule has 8 heteroatoms. The Kier molecular flexibility index (Phi) is 5.49. The molecule has 0 spiro atoms. The third-order valence-corrected chi connectivity index (χ3v) is 5.07. The number of nitrogens with zero attached hydrogens (tertiary/aromatic N) is 2. The van der Waals surface area contributed by atoms with Gasteiger partial charge in [-0.05, 0) is 31.4 Å². The number of amides is 2. The summed E-state index contributed by atoms with van der Waals surface area (Å²) in [6.45, 7) is 0.549. The monoisotopic (exact) mass is 383 g/mol. The third kappa shape index (κ3) is 3.75. The topological polar surface area (TPSA) is 71.0 Å². The number of likely N-dealkylation sites (N-methyl/N-ethyl adjacent to an activating group) is 1. The molecule has 2 amide bonds. The van der Waals surface area contributed by atoms with Crippen LogP contribution >= 0.6 is 23.2 Å². The molecule has 1 N–H and O–H groups in total. The van der Waals surface area contributed by atoms with E-state index in [-0.39, 0.29) is 11.8 Å². The first-order valence-electron chi connectivity index (χ1n) is 8.21. The van der Waals surface area contributed by atoms with Gasteiger partial charge in [0.25, 0.3) is 5.91 Å². The average molecular weight is 384 g/mol. The Hall–Kier alpha value is -1.79. The summed E-state index contributed by atoms with van der Waals surface area (Å²) in [6.07, 6.45) is 2.05. The van der Waals surface area contributed by atoms with Crippen LogP contribution in [0.25, 0.3) is 0 Å². The first kappa shape index (κ1) is 18.0. The summed E-state index contributed by atoms with van der Waals surface area (Å²) in [4.78, 5) is 31.9. The van der Waals surface area contributed by atoms with Crippen LogP contribution in [0.5, 0.6) is 0 Å². The van der Waals surface area contributed by atoms with Crippen LogP contribution in [0.1, 0.15) is 31.2 Å². The molecule has 6 nitrogen and oxygen atoms in total. The molecule has 0 aromatic heterocycles. The number of rotatable bonds is 3. The number of hydrogen-bond donors (Lipinski definition) is 1. The third-order valence-electron chi connectivity index (χ3n) is 4.52. The smallest absolute Gasteiger partial charge is 0.267 e. The highest BCUT2D eigenvalue weighted by molar-refractivity contribution is 6.37. The predicted octanol–water partition coefficient (Wildman–Crippen LogP) is 2.61. The Morgan fingerprint density at radius 3 is 2.84 bits per heavy atom. The predicted molar refractivity (Wildman–Crippen MR) is 95.9 cm³/mol. The lowest BCUT2D eigenvalue weighted by Gasteiger charge is -2.35. The van der Waals surface area contributed by atoms with Crippen LogP contribution in [0.3, 0.4) is 0 Å². The van der Waals surface area contributed by atoms with Gasteiger partial charge in [0.1, 0.15) is 6.04 Å². The fourth-order valence-electron chi connectivity index (χ4n) is 3.21. The molecule has 2 unspecified atom stereocenters. The normalized spacial score (nSPS) is 23.0. The van der Waals surface area contributed by atoms with Gasteiger partial charge in [-0.3, -0.25) is 9.59 Å². The van der Waals surface area contributed by atoms with E-state index in [0.29, 0.717) is 40.7 Å². The Balaban J connectivity index is 1.71. The Bertz CT molecular complexity index is 723. The zero-order valence-electron chi connectivity index (χ0n) is 13.8. The van der Waals surface area contributed by atoms with Crippen LogP contribution in [-0.2, 0) is 14.4 Å². The fourth-order valence-corrected chi connectivity index (χ4v) is 3.73. The van der Waals surface area contributed by atoms with Crippen molar-refractivity contribution in [3.05, 3.63) is 33.8 Å². The maximum Gasteiger partial charge on any atom is 0.267 e. The molecule has 1 saturated heterocycles. The van der Waals surface area contributed by atoms with E-state index in [9.17, 15) is 9.59 Å². The maximum absolute atomic E-state index is 12.8. The molecule has 0 aliphatic carbocycles. The lowest BCUT2D eigenvalue weighted by molar-refractivity contribution is -0.150. The van der Waals surface area contributed by atoms with Crippen LogP contribution in [0.15, 0.2) is 23.4 Å². The average Bonchev–Trinajstić information content (AvgIpc) is 3.10. The zero-order valence-corrected chi connectivity index (χ0v) is 15.3. The molecule has 1 aromatic rings. The summed E-state index contributed by atoms with van der Waals surface area (Å²) in [6, 6.07) is 4.65. The van der Waals surface area contributed by atoms with Gasteiger partial charge in [-0.1, -0.05) is 34.4 Å². The summed E-state index contributed by atoms with van der Waals surface area (Å²) < 4.78 is 0. The van der Waals surface area contributed by atoms with E-state index >= 15 is 0 Å². The van der Waals surface area contributed by atoms with Gasteiger partial charge in [0.05, 0.1) is 10.7 Å². The highest BCUT2D eigenvalue weighted by Gasteiger charge is 2.38. The standard InChI is InChI=1S/C17H19Cl2N3O3/c1-20-16(23)14-4-2-3-7-22(14)17(24)15-9-13(21-25-15)11-6-5-10(18)8-12(11)19/h5-6,8,14-15H,2-4,7,9H2,1H3,(H,20,23). The SMILES string of the molecule is CNC(=O)C1CCCCN1C(=O)C1CC(c2ccc(Cl)cc2Cl)=NO1. The molecule has 25 heavy (non-hydrogen) atoms. The fraction of sp³-hybridized carbons (Fsp3) is 0.471. The van der Waals surface area contributed by atoms with Crippen LogP contribution < -0.4 is 5.32 Å². The number of hydrogen-bond acceptors (Lipinski definition) is 4. The van der Waals surface area contributed by atoms with Gasteiger partial charge in [-0.2, -0.15) is 0 Å². The number of oxime groups is 1. The van der Waals surface area contributed by atoms with E-state index in [1.165, 1.54) is 0 Å². The number of carbonyl (C=O) groups excluding carboxylic acids is 2. The van der Waals surface area contributed by atoms with Crippen molar-refractivity contribution in [2.24, 2.45) is 5.16 Å². The van der Waals surface area contributed by atoms with Crippen molar-refractivity contribution in [2.45, 2.75) is 37.8 Å². The molecular weight excluding hydrogens is 365 g/mol. The molecule has 0 bridgehead atoms. The van der Waals surface area contributed by atoms with E-state index in [1.807, 2.05) is 0 Å². The number of halogens is 2. The van der Waals surface area contributed by atoms with Crippen molar-refractivity contribution in [3.63, 3.8) is 0 Å². The van der Waals surface area contributed by atoms with Gasteiger partial charge < -0.3 is 15.1 Å². The van der Waals surface area contributed by atoms with Gasteiger partial charge in [0.15, 0.2) is 0 Å². The molecule has 2 atom stereocenters. The molecule has 2 heterocycles. The second-order valence-electron chi connectivity index (χ2n) is 6.12. The Morgan fingerprint density at radius 2 is 2.12 bits per heavy atom. The van der Waals surface area contributed by atoms with E-state index in [2.05, 4.69) is 10.5 Å². The number of piperidine rings is 1. The molecule has 2 aliphatic rings. The highest BCUT2D eigenvalue weighted by atomic mass is 35.5. The van der Waals surface area contributed by atoms with Crippen molar-refractivity contribution in [1.29, 1.82) is 0 Å². The summed E-state index contributed by atoms with van der Waals surface area (Å²) in [7, 11) is 1.58. The summed E-state index contributed by atoms with van der Waals surface area (Å²) in [5, 5.41) is 7.64. The minimum Gasteiger partial charge on any atom is -0.382 e. The first-order chi connectivity index (χ1) is 12.0. The lowest BCUT2D eigenvalue weighted by atomic mass is 9.99. The molecule has 3 rings (SSSR count). The molecular formula is C17H19Cl2N3O3. The van der Waals surface area contributed by atoms with Crippen LogP contribution in [0.2, 0.25) is 10.0 Å². The van der Waals surface area contributed by atoms with Crippen molar-refractivity contribution >= 4 is 40.7 Å². The van der Waals surface area contributed by atoms with Crippen molar-refractivity contribution < 1.29 is 14.4 Å². The molecule has 134 valence electrons. The Morgan fingerprint density at radius 1 is 1.32 bits per heavy atom. The van der Waals surface area contributed by atoms with Crippen molar-refractivity contribution in [2.75, 3.05) is 13.6 Å². The van der Waals surface area contributed by atoms with E-state index in [1.54, 1.807) is 30.1 Å². The molecule has 1 fully saturated rings. The van der Waals surface area contributed by atoms with Gasteiger partial charge in [0, 0.05) is 30.6 Å². The molecule has 0 saturated carbocycles. The van der Waals surface area contributed by atoms with Gasteiger partial charge >= 0.3 is 0 Å². The van der Waals surface area contributed by atoms with E-state index < -0.39 is 12.1 Å². The van der Waals surface area contributed by atoms with E-state index in [0.717, 1.165) is 12.8 Å². The second-order valence-corrected chi connectivity index (χ2v) is 6.96. The largest absolute Gasteiger partial charge is 0.382 e. The van der Waals surface area contributed by atoms with E-state index in [4.69, 9.17) is 28.0 Å². The summed E-state index contributed by atoms with van der Waals surface area (Å²) >= 11 is 12.1. The minimum absolute atomic E-state index is 0.145. The van der Waals surface area contributed by atoms with Crippen LogP contribution in [0.4, 0.5) is 0 Å². The number of likely N-dealkylation sites (tertiary alicyclic amines) is 1. The molecule has 2 aliphatic heterocycles. The van der Waals surface area contributed by atoms with Crippen molar-refractivity contribution in [1.82, 2.24) is 10.2 Å². The number of benzene rings is 1. The molecule has 1 aromatic carbocycles. The lowest BCUT2D eigenvalue weighted by Crippen LogP contribution is -2.54. The van der Waals surface area contributed by atoms with Crippen LogP contribution in [-0.4, -0.2) is 48.2 Å². The van der Waals surface area contributed by atoms with Crippen LogP contribution in [0, 0.1) is 0 Å². The maximum atomic E-state index is 12.8. The van der Waals surface area contributed by atoms with Gasteiger partial charge in [-0.25, -0.2) is 0 Å². The summed E-state index contributed by atoms with van der Waals surface area (Å²) in [5.41, 5.74) is 1.30. The highest BCUT2D eigenvalue weighted by Crippen LogP contribution is 2.28. The van der Waals surface area contributed by atoms with Crippen molar-refractivity contribution in [3.8, 4) is 0 Å². The zero-order chi connectivity index (χ0) is 18.0. The van der Waals surface area contributed by atoms with Gasteiger partial charge in [-0.15, -0.1) is 0 Å². The Labute approximate surface area is 156 Å². The van der Waals surface area contributed by atoms with Gasteiger partial charge in [0.2, 0.25) is 12.0 Å². The number of carbonyl (C=O) groups is 2. The minimum atomic E-state index is -0.730. The number of nitrogens with one attached hydrogen (secondary N) is 1. The second kappa shape index (κ2) is 7.62. The quantitative estimate of drug-likeness (QED) is 0.871.